The molecule has 0 fully saturated rings. The minimum Gasteiger partial charge on any atom is -0.309 e. The van der Waals surface area contributed by atoms with Gasteiger partial charge in [0.15, 0.2) is 0 Å². The second-order valence-electron chi connectivity index (χ2n) is 17.3. The Balaban J connectivity index is 1.14. The highest BCUT2D eigenvalue weighted by Gasteiger charge is 2.26. The lowest BCUT2D eigenvalue weighted by Gasteiger charge is -2.20. The Morgan fingerprint density at radius 3 is 1.72 bits per heavy atom. The Kier molecular flexibility index (Phi) is 7.52. The largest absolute Gasteiger partial charge is 0.309 e. The summed E-state index contributed by atoms with van der Waals surface area (Å²) >= 11 is 0. The third-order valence-corrected chi connectivity index (χ3v) is 14.0. The average Bonchev–Trinajstić information content (AvgIpc) is 3.87. The van der Waals surface area contributed by atoms with E-state index >= 15 is 0 Å². The van der Waals surface area contributed by atoms with Crippen molar-refractivity contribution in [3.8, 4) is 5.69 Å². The maximum Gasteiger partial charge on any atom is 0.145 e. The number of nitrogens with zero attached hydrogens (tertiary/aromatic N) is 3. The van der Waals surface area contributed by atoms with Gasteiger partial charge in [0.1, 0.15) is 5.84 Å². The lowest BCUT2D eigenvalue weighted by atomic mass is 9.91. The lowest BCUT2D eigenvalue weighted by molar-refractivity contribution is 1.01. The van der Waals surface area contributed by atoms with E-state index in [2.05, 4.69) is 221 Å². The van der Waals surface area contributed by atoms with Crippen molar-refractivity contribution in [2.75, 3.05) is 0 Å². The van der Waals surface area contributed by atoms with Crippen LogP contribution >= 0.6 is 0 Å². The van der Waals surface area contributed by atoms with E-state index in [9.17, 15) is 0 Å². The average molecular weight is 814 g/mol. The van der Waals surface area contributed by atoms with Gasteiger partial charge in [0.05, 0.1) is 27.8 Å². The molecule has 0 saturated carbocycles. The first-order valence-electron chi connectivity index (χ1n) is 22.4. The Hall–Kier alpha value is -8.27. The maximum atomic E-state index is 5.93. The lowest BCUT2D eigenvalue weighted by Crippen LogP contribution is -2.15. The molecule has 64 heavy (non-hydrogen) atoms. The van der Waals surface area contributed by atoms with E-state index < -0.39 is 0 Å². The first-order valence-corrected chi connectivity index (χ1v) is 22.4. The van der Waals surface area contributed by atoms with E-state index in [1.54, 1.807) is 0 Å². The molecule has 1 aliphatic heterocycles. The standard InChI is InChI=1S/C61H39N3/c1-2-17-41(18-3-1)63-54-28-13-12-24-49(54)50-32-29-40(37-57(50)63)44-26-14-27-48-42-19-6-4-15-38(42)30-34-53(48)62-61(44)64-55-35-31-39-16-5-7-20-43(39)59(55)60-56(64)36-33-52-47-23-9-8-21-45(47)46-22-10-11-25-51(46)58(52)60/h1-13,15-26,28-37H,14,27H2. The molecule has 11 aromatic carbocycles. The van der Waals surface area contributed by atoms with Gasteiger partial charge >= 0.3 is 0 Å². The van der Waals surface area contributed by atoms with Crippen LogP contribution in [-0.4, -0.2) is 15.0 Å². The summed E-state index contributed by atoms with van der Waals surface area (Å²) in [6.45, 7) is 0. The van der Waals surface area contributed by atoms with Gasteiger partial charge in [-0.2, -0.15) is 0 Å². The summed E-state index contributed by atoms with van der Waals surface area (Å²) in [6.07, 6.45) is 4.22. The van der Waals surface area contributed by atoms with Crippen molar-refractivity contribution < 1.29 is 0 Å². The molecule has 3 nitrogen and oxygen atoms in total. The molecule has 0 atom stereocenters. The first kappa shape index (κ1) is 35.3. The summed E-state index contributed by atoms with van der Waals surface area (Å²) in [4.78, 5) is 5.93. The minimum absolute atomic E-state index is 0.870. The van der Waals surface area contributed by atoms with Crippen LogP contribution in [0.2, 0.25) is 0 Å². The number of fused-ring (bicyclic) bond motifs is 18. The van der Waals surface area contributed by atoms with Gasteiger partial charge in [0.2, 0.25) is 0 Å². The van der Waals surface area contributed by atoms with Gasteiger partial charge in [-0.25, -0.2) is 4.99 Å². The number of aryl methyl sites for hydroxylation is 1. The van der Waals surface area contributed by atoms with E-state index in [0.29, 0.717) is 0 Å². The van der Waals surface area contributed by atoms with E-state index in [0.717, 1.165) is 52.2 Å². The Morgan fingerprint density at radius 2 is 0.922 bits per heavy atom. The van der Waals surface area contributed by atoms with Crippen molar-refractivity contribution in [2.24, 2.45) is 4.99 Å². The van der Waals surface area contributed by atoms with Crippen LogP contribution in [0.25, 0.3) is 109 Å². The number of allylic oxidation sites excluding steroid dienone is 2. The molecule has 0 saturated heterocycles. The molecule has 14 rings (SSSR count). The van der Waals surface area contributed by atoms with Crippen LogP contribution in [0, 0.1) is 0 Å². The summed E-state index contributed by atoms with van der Waals surface area (Å²) in [7, 11) is 0. The van der Waals surface area contributed by atoms with E-state index in [1.165, 1.54) is 92.0 Å². The van der Waals surface area contributed by atoms with Crippen LogP contribution in [0.4, 0.5) is 5.69 Å². The highest BCUT2D eigenvalue weighted by molar-refractivity contribution is 6.40. The second kappa shape index (κ2) is 13.6. The van der Waals surface area contributed by atoms with E-state index in [4.69, 9.17) is 4.99 Å². The fourth-order valence-corrected chi connectivity index (χ4v) is 11.2. The predicted octanol–water partition coefficient (Wildman–Crippen LogP) is 16.3. The van der Waals surface area contributed by atoms with Crippen molar-refractivity contribution in [2.45, 2.75) is 12.8 Å². The SMILES string of the molecule is C1=C(c2ccc3c4ccccc4n(-c4ccccc4)c3c2)C(n2c3ccc4ccccc4c3c3c4c5ccccc5c5ccccc5c4ccc32)=Nc2ccc3ccccc3c2CC1. The molecule has 2 aromatic heterocycles. The second-order valence-corrected chi connectivity index (χ2v) is 17.3. The molecule has 0 amide bonds. The summed E-state index contributed by atoms with van der Waals surface area (Å²) in [5.41, 5.74) is 10.4. The molecule has 298 valence electrons. The number of aliphatic imine (C=N–C) groups is 1. The van der Waals surface area contributed by atoms with Gasteiger partial charge in [-0.3, -0.25) is 4.57 Å². The monoisotopic (exact) mass is 813 g/mol. The summed E-state index contributed by atoms with van der Waals surface area (Å²) in [6, 6.07) is 76.0. The molecule has 0 aliphatic carbocycles. The van der Waals surface area contributed by atoms with Gasteiger partial charge in [-0.05, 0) is 115 Å². The van der Waals surface area contributed by atoms with Crippen LogP contribution in [0.3, 0.4) is 0 Å². The van der Waals surface area contributed by atoms with Crippen LogP contribution < -0.4 is 0 Å². The van der Waals surface area contributed by atoms with Crippen LogP contribution in [-0.2, 0) is 6.42 Å². The van der Waals surface area contributed by atoms with E-state index in [-0.39, 0.29) is 0 Å². The topological polar surface area (TPSA) is 22.2 Å². The molecule has 1 aliphatic rings. The number of aromatic nitrogens is 2. The van der Waals surface area contributed by atoms with Crippen LogP contribution in [0.1, 0.15) is 17.5 Å². The molecule has 0 spiro atoms. The number of rotatable bonds is 2. The zero-order valence-electron chi connectivity index (χ0n) is 35.0. The predicted molar refractivity (Wildman–Crippen MR) is 273 cm³/mol. The summed E-state index contributed by atoms with van der Waals surface area (Å²) in [5, 5.41) is 17.6. The van der Waals surface area contributed by atoms with Crippen molar-refractivity contribution in [3.05, 3.63) is 223 Å². The number of hydrogen-bond donors (Lipinski definition) is 0. The quantitative estimate of drug-likeness (QED) is 0.155. The molecule has 0 radical (unpaired) electrons. The molecular formula is C61H39N3. The third kappa shape index (κ3) is 5.01. The van der Waals surface area contributed by atoms with Crippen molar-refractivity contribution in [1.82, 2.24) is 9.13 Å². The Bertz CT molecular complexity index is 4150. The normalized spacial score (nSPS) is 13.4. The highest BCUT2D eigenvalue weighted by atomic mass is 15.1. The first-order chi connectivity index (χ1) is 31.8. The van der Waals surface area contributed by atoms with Gasteiger partial charge in [0.25, 0.3) is 0 Å². The summed E-state index contributed by atoms with van der Waals surface area (Å²) < 4.78 is 4.91. The van der Waals surface area contributed by atoms with Gasteiger partial charge in [0, 0.05) is 38.2 Å². The van der Waals surface area contributed by atoms with E-state index in [1.807, 2.05) is 0 Å². The minimum atomic E-state index is 0.870. The number of hydrogen-bond acceptors (Lipinski definition) is 1. The zero-order chi connectivity index (χ0) is 41.9. The fourth-order valence-electron chi connectivity index (χ4n) is 11.2. The molecular weight excluding hydrogens is 775 g/mol. The van der Waals surface area contributed by atoms with Gasteiger partial charge in [-0.15, -0.1) is 0 Å². The van der Waals surface area contributed by atoms with Crippen molar-refractivity contribution in [1.29, 1.82) is 0 Å². The third-order valence-electron chi connectivity index (χ3n) is 14.0. The Labute approximate surface area is 369 Å². The zero-order valence-corrected chi connectivity index (χ0v) is 35.0. The molecule has 13 aromatic rings. The van der Waals surface area contributed by atoms with Gasteiger partial charge in [-0.1, -0.05) is 170 Å². The van der Waals surface area contributed by atoms with Gasteiger partial charge < -0.3 is 4.57 Å². The van der Waals surface area contributed by atoms with Crippen molar-refractivity contribution in [3.63, 3.8) is 0 Å². The van der Waals surface area contributed by atoms with Crippen molar-refractivity contribution >= 4 is 115 Å². The maximum absolute atomic E-state index is 5.93. The molecule has 3 heterocycles. The molecule has 0 N–H and O–H groups in total. The van der Waals surface area contributed by atoms with Crippen LogP contribution in [0.5, 0.6) is 0 Å². The number of para-hydroxylation sites is 2. The molecule has 0 bridgehead atoms. The van der Waals surface area contributed by atoms with Crippen LogP contribution in [0.15, 0.2) is 217 Å². The fraction of sp³-hybridized carbons (Fsp3) is 0.0328. The Morgan fingerprint density at radius 1 is 0.359 bits per heavy atom. The summed E-state index contributed by atoms with van der Waals surface area (Å²) in [5.74, 6) is 0.928. The highest BCUT2D eigenvalue weighted by Crippen LogP contribution is 2.46. The number of benzene rings is 11. The molecule has 0 unspecified atom stereocenters. The smallest absolute Gasteiger partial charge is 0.145 e. The molecule has 3 heteroatoms.